The molecule has 0 spiro atoms. The van der Waals surface area contributed by atoms with Crippen LogP contribution in [-0.2, 0) is 0 Å². The molecule has 1 nitrogen and oxygen atoms in total. The Balaban J connectivity index is 2.22. The van der Waals surface area contributed by atoms with Crippen LogP contribution < -0.4 is 5.73 Å². The molecule has 0 bridgehead atoms. The Bertz CT molecular complexity index is 313. The Morgan fingerprint density at radius 2 is 1.93 bits per heavy atom. The highest BCUT2D eigenvalue weighted by Gasteiger charge is 2.25. The largest absolute Gasteiger partial charge is 0.330 e. The second-order valence-electron chi connectivity index (χ2n) is 4.74. The van der Waals surface area contributed by atoms with Crippen molar-refractivity contribution in [2.45, 2.75) is 38.5 Å². The van der Waals surface area contributed by atoms with E-state index in [-0.39, 0.29) is 0 Å². The first-order chi connectivity index (χ1) is 7.33. The standard InChI is InChI=1S/C14H21N/c1-11-6-2-5-9-13(11)14(10-15)12-7-3-4-8-12/h2,5-6,9,12,14H,3-4,7-8,10,15H2,1H3. The van der Waals surface area contributed by atoms with Gasteiger partial charge in [-0.25, -0.2) is 0 Å². The third-order valence-corrected chi connectivity index (χ3v) is 3.81. The van der Waals surface area contributed by atoms with Gasteiger partial charge < -0.3 is 5.73 Å². The zero-order chi connectivity index (χ0) is 10.7. The summed E-state index contributed by atoms with van der Waals surface area (Å²) in [4.78, 5) is 0. The lowest BCUT2D eigenvalue weighted by Gasteiger charge is -2.23. The quantitative estimate of drug-likeness (QED) is 0.802. The molecule has 1 atom stereocenters. The van der Waals surface area contributed by atoms with Gasteiger partial charge in [-0.15, -0.1) is 0 Å². The summed E-state index contributed by atoms with van der Waals surface area (Å²) in [6.07, 6.45) is 5.53. The maximum atomic E-state index is 5.95. The molecule has 1 saturated carbocycles. The number of nitrogens with two attached hydrogens (primary N) is 1. The summed E-state index contributed by atoms with van der Waals surface area (Å²) in [5.41, 5.74) is 8.83. The smallest absolute Gasteiger partial charge is 0.000546 e. The minimum atomic E-state index is 0.591. The highest BCUT2D eigenvalue weighted by atomic mass is 14.6. The maximum Gasteiger partial charge on any atom is -0.000546 e. The maximum absolute atomic E-state index is 5.95. The summed E-state index contributed by atoms with van der Waals surface area (Å²) in [7, 11) is 0. The Hall–Kier alpha value is -0.820. The van der Waals surface area contributed by atoms with Crippen LogP contribution in [0.5, 0.6) is 0 Å². The number of hydrogen-bond donors (Lipinski definition) is 1. The van der Waals surface area contributed by atoms with Crippen LogP contribution in [-0.4, -0.2) is 6.54 Å². The second kappa shape index (κ2) is 4.80. The monoisotopic (exact) mass is 203 g/mol. The van der Waals surface area contributed by atoms with Crippen molar-refractivity contribution in [1.82, 2.24) is 0 Å². The molecule has 0 radical (unpaired) electrons. The topological polar surface area (TPSA) is 26.0 Å². The third-order valence-electron chi connectivity index (χ3n) is 3.81. The van der Waals surface area contributed by atoms with Gasteiger partial charge in [0.05, 0.1) is 0 Å². The van der Waals surface area contributed by atoms with E-state index in [9.17, 15) is 0 Å². The van der Waals surface area contributed by atoms with Crippen molar-refractivity contribution >= 4 is 0 Å². The van der Waals surface area contributed by atoms with E-state index in [1.54, 1.807) is 0 Å². The molecule has 1 aliphatic rings. The van der Waals surface area contributed by atoms with Gasteiger partial charge in [0.2, 0.25) is 0 Å². The third kappa shape index (κ3) is 2.23. The van der Waals surface area contributed by atoms with Crippen molar-refractivity contribution in [1.29, 1.82) is 0 Å². The lowest BCUT2D eigenvalue weighted by molar-refractivity contribution is 0.439. The van der Waals surface area contributed by atoms with Crippen LogP contribution in [0.25, 0.3) is 0 Å². The molecule has 0 heterocycles. The minimum absolute atomic E-state index is 0.591. The van der Waals surface area contributed by atoms with Gasteiger partial charge in [-0.3, -0.25) is 0 Å². The predicted molar refractivity (Wildman–Crippen MR) is 64.9 cm³/mol. The van der Waals surface area contributed by atoms with E-state index in [1.165, 1.54) is 36.8 Å². The van der Waals surface area contributed by atoms with Crippen molar-refractivity contribution in [2.24, 2.45) is 11.7 Å². The van der Waals surface area contributed by atoms with E-state index >= 15 is 0 Å². The zero-order valence-electron chi connectivity index (χ0n) is 9.58. The van der Waals surface area contributed by atoms with Gasteiger partial charge in [-0.05, 0) is 49.3 Å². The van der Waals surface area contributed by atoms with E-state index in [0.717, 1.165) is 12.5 Å². The Morgan fingerprint density at radius 3 is 2.53 bits per heavy atom. The molecule has 0 aromatic heterocycles. The number of rotatable bonds is 3. The van der Waals surface area contributed by atoms with Crippen molar-refractivity contribution in [3.8, 4) is 0 Å². The first-order valence-electron chi connectivity index (χ1n) is 6.08. The van der Waals surface area contributed by atoms with E-state index in [2.05, 4.69) is 31.2 Å². The van der Waals surface area contributed by atoms with Crippen molar-refractivity contribution in [3.05, 3.63) is 35.4 Å². The molecule has 2 N–H and O–H groups in total. The van der Waals surface area contributed by atoms with Crippen LogP contribution in [0.2, 0.25) is 0 Å². The molecule has 0 aliphatic heterocycles. The molecule has 2 rings (SSSR count). The van der Waals surface area contributed by atoms with Gasteiger partial charge >= 0.3 is 0 Å². The van der Waals surface area contributed by atoms with Gasteiger partial charge in [0.1, 0.15) is 0 Å². The summed E-state index contributed by atoms with van der Waals surface area (Å²) in [6.45, 7) is 3.00. The summed E-state index contributed by atoms with van der Waals surface area (Å²) in [5, 5.41) is 0. The average Bonchev–Trinajstić information content (AvgIpc) is 2.75. The summed E-state index contributed by atoms with van der Waals surface area (Å²) in [6, 6.07) is 8.71. The van der Waals surface area contributed by atoms with E-state index in [0.29, 0.717) is 5.92 Å². The molecule has 82 valence electrons. The fourth-order valence-electron chi connectivity index (χ4n) is 2.94. The summed E-state index contributed by atoms with van der Waals surface area (Å²) < 4.78 is 0. The lowest BCUT2D eigenvalue weighted by atomic mass is 9.83. The molecule has 15 heavy (non-hydrogen) atoms. The predicted octanol–water partition coefficient (Wildman–Crippen LogP) is 3.23. The molecule has 1 unspecified atom stereocenters. The van der Waals surface area contributed by atoms with Crippen molar-refractivity contribution in [2.75, 3.05) is 6.54 Å². The Morgan fingerprint density at radius 1 is 1.27 bits per heavy atom. The van der Waals surface area contributed by atoms with Crippen LogP contribution in [0, 0.1) is 12.8 Å². The lowest BCUT2D eigenvalue weighted by Crippen LogP contribution is -2.20. The van der Waals surface area contributed by atoms with Gasteiger partial charge in [0, 0.05) is 0 Å². The van der Waals surface area contributed by atoms with Crippen LogP contribution >= 0.6 is 0 Å². The molecule has 0 saturated heterocycles. The van der Waals surface area contributed by atoms with E-state index in [1.807, 2.05) is 0 Å². The molecule has 0 amide bonds. The number of aryl methyl sites for hydroxylation is 1. The average molecular weight is 203 g/mol. The Labute approximate surface area is 92.7 Å². The first kappa shape index (κ1) is 10.7. The molecular weight excluding hydrogens is 182 g/mol. The van der Waals surface area contributed by atoms with Crippen LogP contribution in [0.1, 0.15) is 42.7 Å². The van der Waals surface area contributed by atoms with Crippen molar-refractivity contribution < 1.29 is 0 Å². The fourth-order valence-corrected chi connectivity index (χ4v) is 2.94. The van der Waals surface area contributed by atoms with Gasteiger partial charge in [-0.2, -0.15) is 0 Å². The van der Waals surface area contributed by atoms with E-state index in [4.69, 9.17) is 5.73 Å². The van der Waals surface area contributed by atoms with Crippen LogP contribution in [0.4, 0.5) is 0 Å². The molecule has 1 aromatic rings. The molecule has 1 aliphatic carbocycles. The number of benzene rings is 1. The normalized spacial score (nSPS) is 19.3. The fraction of sp³-hybridized carbons (Fsp3) is 0.571. The van der Waals surface area contributed by atoms with Crippen molar-refractivity contribution in [3.63, 3.8) is 0 Å². The minimum Gasteiger partial charge on any atom is -0.330 e. The highest BCUT2D eigenvalue weighted by molar-refractivity contribution is 5.30. The Kier molecular flexibility index (Phi) is 3.42. The number of hydrogen-bond acceptors (Lipinski definition) is 1. The molecular formula is C14H21N. The van der Waals surface area contributed by atoms with Gasteiger partial charge in [0.25, 0.3) is 0 Å². The van der Waals surface area contributed by atoms with Crippen LogP contribution in [0.15, 0.2) is 24.3 Å². The summed E-state index contributed by atoms with van der Waals surface area (Å²) in [5.74, 6) is 1.42. The summed E-state index contributed by atoms with van der Waals surface area (Å²) >= 11 is 0. The van der Waals surface area contributed by atoms with Gasteiger partial charge in [-0.1, -0.05) is 37.1 Å². The van der Waals surface area contributed by atoms with Crippen LogP contribution in [0.3, 0.4) is 0 Å². The molecule has 1 fully saturated rings. The highest BCUT2D eigenvalue weighted by Crippen LogP contribution is 2.37. The molecule has 1 heteroatoms. The first-order valence-corrected chi connectivity index (χ1v) is 6.08. The zero-order valence-corrected chi connectivity index (χ0v) is 9.58. The molecule has 1 aromatic carbocycles. The van der Waals surface area contributed by atoms with E-state index < -0.39 is 0 Å². The van der Waals surface area contributed by atoms with Gasteiger partial charge in [0.15, 0.2) is 0 Å². The SMILES string of the molecule is Cc1ccccc1C(CN)C1CCCC1. The second-order valence-corrected chi connectivity index (χ2v) is 4.74.